The van der Waals surface area contributed by atoms with Crippen molar-refractivity contribution in [2.45, 2.75) is 18.9 Å². The normalized spacial score (nSPS) is 20.8. The van der Waals surface area contributed by atoms with Crippen LogP contribution in [0, 0.1) is 0 Å². The fourth-order valence-electron chi connectivity index (χ4n) is 1.15. The number of aliphatic hydroxyl groups is 1. The second-order valence-corrected chi connectivity index (χ2v) is 2.90. The van der Waals surface area contributed by atoms with E-state index in [9.17, 15) is 9.90 Å². The van der Waals surface area contributed by atoms with Crippen LogP contribution in [-0.4, -0.2) is 41.9 Å². The first-order chi connectivity index (χ1) is 5.11. The number of nitrogens with zero attached hydrogens (tertiary/aromatic N) is 1. The maximum absolute atomic E-state index is 10.8. The number of hydrogen-bond acceptors (Lipinski definition) is 3. The Balaban J connectivity index is 2.34. The summed E-state index contributed by atoms with van der Waals surface area (Å²) in [6, 6.07) is 0. The van der Waals surface area contributed by atoms with Crippen molar-refractivity contribution in [3.63, 3.8) is 0 Å². The van der Waals surface area contributed by atoms with Crippen molar-refractivity contribution < 1.29 is 14.6 Å². The molecule has 0 atom stereocenters. The molecule has 11 heavy (non-hydrogen) atoms. The van der Waals surface area contributed by atoms with Crippen LogP contribution in [0.3, 0.4) is 0 Å². The summed E-state index contributed by atoms with van der Waals surface area (Å²) in [5.41, 5.74) is -0.659. The Kier molecular flexibility index (Phi) is 2.04. The van der Waals surface area contributed by atoms with Crippen molar-refractivity contribution >= 4 is 6.09 Å². The lowest BCUT2D eigenvalue weighted by atomic mass is 9.92. The predicted octanol–water partition coefficient (Wildman–Crippen LogP) is 0.210. The lowest BCUT2D eigenvalue weighted by molar-refractivity contribution is -0.0881. The molecule has 0 unspecified atom stereocenters. The molecule has 1 amide bonds. The van der Waals surface area contributed by atoms with Crippen LogP contribution in [0.1, 0.15) is 13.3 Å². The molecule has 4 nitrogen and oxygen atoms in total. The maximum Gasteiger partial charge on any atom is 0.409 e. The monoisotopic (exact) mass is 159 g/mol. The van der Waals surface area contributed by atoms with E-state index in [1.807, 2.05) is 6.92 Å². The van der Waals surface area contributed by atoms with Gasteiger partial charge >= 0.3 is 6.09 Å². The number of hydrogen-bond donors (Lipinski definition) is 1. The molecule has 0 aromatic rings. The standard InChI is InChI=1S/C7H13NO3/c1-3-7(10)4-8(5-7)6(9)11-2/h10H,3-5H2,1-2H3. The summed E-state index contributed by atoms with van der Waals surface area (Å²) >= 11 is 0. The number of rotatable bonds is 1. The second kappa shape index (κ2) is 2.70. The van der Waals surface area contributed by atoms with Gasteiger partial charge in [0.1, 0.15) is 0 Å². The molecule has 0 bridgehead atoms. The van der Waals surface area contributed by atoms with Crippen LogP contribution in [0.5, 0.6) is 0 Å². The molecule has 0 spiro atoms. The first-order valence-corrected chi connectivity index (χ1v) is 3.66. The SMILES string of the molecule is CCC1(O)CN(C(=O)OC)C1. The van der Waals surface area contributed by atoms with E-state index in [1.165, 1.54) is 12.0 Å². The lowest BCUT2D eigenvalue weighted by Crippen LogP contribution is -2.63. The maximum atomic E-state index is 10.8. The van der Waals surface area contributed by atoms with Crippen molar-refractivity contribution in [3.8, 4) is 0 Å². The van der Waals surface area contributed by atoms with E-state index in [2.05, 4.69) is 4.74 Å². The molecule has 1 saturated heterocycles. The van der Waals surface area contributed by atoms with Crippen LogP contribution >= 0.6 is 0 Å². The van der Waals surface area contributed by atoms with Crippen LogP contribution in [0.2, 0.25) is 0 Å². The van der Waals surface area contributed by atoms with Crippen molar-refractivity contribution in [1.82, 2.24) is 4.90 Å². The minimum Gasteiger partial charge on any atom is -0.453 e. The first kappa shape index (κ1) is 8.33. The zero-order valence-electron chi connectivity index (χ0n) is 6.83. The Morgan fingerprint density at radius 2 is 2.27 bits per heavy atom. The van der Waals surface area contributed by atoms with Gasteiger partial charge < -0.3 is 14.7 Å². The van der Waals surface area contributed by atoms with Crippen LogP contribution in [0.15, 0.2) is 0 Å². The highest BCUT2D eigenvalue weighted by atomic mass is 16.5. The van der Waals surface area contributed by atoms with Gasteiger partial charge in [0.05, 0.1) is 25.8 Å². The van der Waals surface area contributed by atoms with Gasteiger partial charge in [-0.25, -0.2) is 4.79 Å². The third-order valence-electron chi connectivity index (χ3n) is 2.06. The van der Waals surface area contributed by atoms with Gasteiger partial charge in [-0.1, -0.05) is 6.92 Å². The van der Waals surface area contributed by atoms with Gasteiger partial charge in [0.2, 0.25) is 0 Å². The largest absolute Gasteiger partial charge is 0.453 e. The Morgan fingerprint density at radius 1 is 1.73 bits per heavy atom. The van der Waals surface area contributed by atoms with Crippen molar-refractivity contribution in [2.75, 3.05) is 20.2 Å². The van der Waals surface area contributed by atoms with E-state index in [1.54, 1.807) is 0 Å². The minimum absolute atomic E-state index is 0.358. The van der Waals surface area contributed by atoms with Gasteiger partial charge in [-0.15, -0.1) is 0 Å². The molecule has 1 aliphatic rings. The fraction of sp³-hybridized carbons (Fsp3) is 0.857. The highest BCUT2D eigenvalue weighted by molar-refractivity contribution is 5.68. The van der Waals surface area contributed by atoms with Gasteiger partial charge in [-0.2, -0.15) is 0 Å². The van der Waals surface area contributed by atoms with Gasteiger partial charge in [0.25, 0.3) is 0 Å². The van der Waals surface area contributed by atoms with Crippen molar-refractivity contribution in [3.05, 3.63) is 0 Å². The van der Waals surface area contributed by atoms with E-state index >= 15 is 0 Å². The summed E-state index contributed by atoms with van der Waals surface area (Å²) in [5, 5.41) is 9.48. The summed E-state index contributed by atoms with van der Waals surface area (Å²) in [6.07, 6.45) is 0.323. The van der Waals surface area contributed by atoms with E-state index < -0.39 is 5.60 Å². The van der Waals surface area contributed by atoms with Crippen molar-refractivity contribution in [2.24, 2.45) is 0 Å². The molecule has 0 radical (unpaired) electrons. The highest BCUT2D eigenvalue weighted by Gasteiger charge is 2.42. The molecule has 1 heterocycles. The number of amides is 1. The quantitative estimate of drug-likeness (QED) is 0.595. The average Bonchev–Trinajstić information content (AvgIpc) is 1.97. The van der Waals surface area contributed by atoms with E-state index in [4.69, 9.17) is 0 Å². The van der Waals surface area contributed by atoms with E-state index in [0.717, 1.165) is 0 Å². The van der Waals surface area contributed by atoms with Crippen LogP contribution < -0.4 is 0 Å². The number of β-amino-alcohol motifs (C(OH)–C–C–N with tert-alkyl or cyclic N) is 1. The van der Waals surface area contributed by atoms with E-state index in [-0.39, 0.29) is 6.09 Å². The predicted molar refractivity (Wildman–Crippen MR) is 39.2 cm³/mol. The molecule has 1 rings (SSSR count). The average molecular weight is 159 g/mol. The van der Waals surface area contributed by atoms with Gasteiger partial charge in [-0.3, -0.25) is 0 Å². The molecular formula is C7H13NO3. The zero-order chi connectivity index (χ0) is 8.48. The number of methoxy groups -OCH3 is 1. The third-order valence-corrected chi connectivity index (χ3v) is 2.06. The second-order valence-electron chi connectivity index (χ2n) is 2.90. The number of ether oxygens (including phenoxy) is 1. The number of carbonyl (C=O) groups is 1. The highest BCUT2D eigenvalue weighted by Crippen LogP contribution is 2.24. The molecule has 0 aliphatic carbocycles. The Bertz CT molecular complexity index is 163. The zero-order valence-corrected chi connectivity index (χ0v) is 6.83. The summed E-state index contributed by atoms with van der Waals surface area (Å²) in [6.45, 7) is 2.70. The van der Waals surface area contributed by atoms with Gasteiger partial charge in [0.15, 0.2) is 0 Å². The fourth-order valence-corrected chi connectivity index (χ4v) is 1.15. The number of likely N-dealkylation sites (tertiary alicyclic amines) is 1. The molecule has 1 aliphatic heterocycles. The molecule has 0 aromatic heterocycles. The van der Waals surface area contributed by atoms with E-state index in [0.29, 0.717) is 19.5 Å². The lowest BCUT2D eigenvalue weighted by Gasteiger charge is -2.44. The molecule has 4 heteroatoms. The molecule has 1 N–H and O–H groups in total. The molecular weight excluding hydrogens is 146 g/mol. The molecule has 1 fully saturated rings. The Labute approximate surface area is 65.8 Å². The smallest absolute Gasteiger partial charge is 0.409 e. The Hall–Kier alpha value is -0.770. The van der Waals surface area contributed by atoms with Crippen molar-refractivity contribution in [1.29, 1.82) is 0 Å². The Morgan fingerprint density at radius 3 is 2.64 bits per heavy atom. The van der Waals surface area contributed by atoms with Gasteiger partial charge in [0, 0.05) is 0 Å². The molecule has 0 aromatic carbocycles. The molecule has 64 valence electrons. The summed E-state index contributed by atoms with van der Waals surface area (Å²) in [7, 11) is 1.34. The van der Waals surface area contributed by atoms with Crippen LogP contribution in [0.4, 0.5) is 4.79 Å². The van der Waals surface area contributed by atoms with Gasteiger partial charge in [-0.05, 0) is 6.42 Å². The van der Waals surface area contributed by atoms with Crippen LogP contribution in [0.25, 0.3) is 0 Å². The summed E-state index contributed by atoms with van der Waals surface area (Å²) < 4.78 is 4.47. The third kappa shape index (κ3) is 1.45. The van der Waals surface area contributed by atoms with Crippen LogP contribution in [-0.2, 0) is 4.74 Å². The molecule has 0 saturated carbocycles. The summed E-state index contributed by atoms with van der Waals surface area (Å²) in [4.78, 5) is 12.3. The summed E-state index contributed by atoms with van der Waals surface area (Å²) in [5.74, 6) is 0. The first-order valence-electron chi connectivity index (χ1n) is 3.66. The number of carbonyl (C=O) groups excluding carboxylic acids is 1. The minimum atomic E-state index is -0.659. The topological polar surface area (TPSA) is 49.8 Å².